The molecule has 4 N–H and O–H groups in total. The van der Waals surface area contributed by atoms with Crippen molar-refractivity contribution in [3.05, 3.63) is 24.4 Å². The molecule has 0 aliphatic heterocycles. The number of nitrogens with two attached hydrogens (primary N) is 1. The zero-order valence-electron chi connectivity index (χ0n) is 9.16. The summed E-state index contributed by atoms with van der Waals surface area (Å²) in [6, 6.07) is 5.36. The molecule has 0 aliphatic rings. The minimum absolute atomic E-state index is 0.181. The predicted octanol–water partition coefficient (Wildman–Crippen LogP) is 0.751. The van der Waals surface area contributed by atoms with Gasteiger partial charge in [0.15, 0.2) is 4.34 Å². The first-order valence-corrected chi connectivity index (χ1v) is 6.72. The normalized spacial score (nSPS) is 10.0. The highest BCUT2D eigenvalue weighted by Crippen LogP contribution is 2.22. The summed E-state index contributed by atoms with van der Waals surface area (Å²) in [6.45, 7) is 0. The topological polar surface area (TPSA) is 106 Å². The Hall–Kier alpha value is -1.87. The number of hydrogen-bond acceptors (Lipinski definition) is 8. The molecule has 0 atom stereocenters. The number of carbonyl (C=O) groups excluding carboxylic acids is 1. The van der Waals surface area contributed by atoms with Crippen molar-refractivity contribution in [1.82, 2.24) is 20.6 Å². The van der Waals surface area contributed by atoms with Crippen molar-refractivity contribution >= 4 is 40.0 Å². The van der Waals surface area contributed by atoms with Crippen LogP contribution in [-0.4, -0.2) is 26.8 Å². The van der Waals surface area contributed by atoms with Crippen LogP contribution in [0.5, 0.6) is 0 Å². The molecule has 2 aromatic heterocycles. The van der Waals surface area contributed by atoms with Crippen LogP contribution in [0.25, 0.3) is 0 Å². The van der Waals surface area contributed by atoms with E-state index in [1.807, 2.05) is 6.07 Å². The number of pyridine rings is 1. The summed E-state index contributed by atoms with van der Waals surface area (Å²) in [5.41, 5.74) is 10.7. The Kier molecular flexibility index (Phi) is 4.31. The van der Waals surface area contributed by atoms with Crippen LogP contribution in [0.3, 0.4) is 0 Å². The molecule has 2 heterocycles. The van der Waals surface area contributed by atoms with Crippen LogP contribution >= 0.6 is 23.1 Å². The number of aromatic nitrogens is 3. The molecule has 0 aliphatic carbocycles. The number of nitrogens with zero attached hydrogens (tertiary/aromatic N) is 3. The summed E-state index contributed by atoms with van der Waals surface area (Å²) in [5.74, 6) is 0.629. The lowest BCUT2D eigenvalue weighted by Gasteiger charge is -2.06. The van der Waals surface area contributed by atoms with E-state index in [4.69, 9.17) is 5.73 Å². The molecule has 0 saturated carbocycles. The number of hydrogen-bond donors (Lipinski definition) is 3. The van der Waals surface area contributed by atoms with Gasteiger partial charge in [0.05, 0.1) is 5.75 Å². The van der Waals surface area contributed by atoms with E-state index in [9.17, 15) is 4.79 Å². The zero-order valence-corrected chi connectivity index (χ0v) is 10.8. The monoisotopic (exact) mass is 282 g/mol. The summed E-state index contributed by atoms with van der Waals surface area (Å²) in [6.07, 6.45) is 1.63. The number of hydrazine groups is 1. The molecule has 7 nitrogen and oxygen atoms in total. The summed E-state index contributed by atoms with van der Waals surface area (Å²) in [5, 5.41) is 7.85. The van der Waals surface area contributed by atoms with Crippen molar-refractivity contribution in [2.45, 2.75) is 4.34 Å². The van der Waals surface area contributed by atoms with Crippen molar-refractivity contribution in [2.24, 2.45) is 0 Å². The first-order chi connectivity index (χ1) is 8.74. The predicted molar refractivity (Wildman–Crippen MR) is 71.0 cm³/mol. The molecule has 2 aromatic rings. The molecule has 0 bridgehead atoms. The van der Waals surface area contributed by atoms with Crippen LogP contribution in [0.2, 0.25) is 0 Å². The minimum Gasteiger partial charge on any atom is -0.374 e. The average molecular weight is 282 g/mol. The molecular formula is C9H10N6OS2. The molecule has 9 heteroatoms. The molecule has 0 saturated heterocycles. The third-order valence-electron chi connectivity index (χ3n) is 1.74. The second-order valence-corrected chi connectivity index (χ2v) is 5.31. The average Bonchev–Trinajstić information content (AvgIpc) is 2.81. The number of nitrogens with one attached hydrogen (secondary N) is 2. The molecule has 18 heavy (non-hydrogen) atoms. The quantitative estimate of drug-likeness (QED) is 0.549. The summed E-state index contributed by atoms with van der Waals surface area (Å²) in [4.78, 5) is 15.5. The van der Waals surface area contributed by atoms with E-state index in [1.54, 1.807) is 18.3 Å². The Labute approximate surface area is 111 Å². The summed E-state index contributed by atoms with van der Waals surface area (Å²) >= 11 is 2.53. The molecular weight excluding hydrogens is 272 g/mol. The maximum Gasteiger partial charge on any atom is 0.248 e. The van der Waals surface area contributed by atoms with E-state index in [0.717, 1.165) is 0 Å². The second-order valence-electron chi connectivity index (χ2n) is 3.08. The maximum absolute atomic E-state index is 11.5. The third kappa shape index (κ3) is 3.86. The first kappa shape index (κ1) is 12.6. The smallest absolute Gasteiger partial charge is 0.248 e. The Morgan fingerprint density at radius 3 is 3.00 bits per heavy atom. The number of thioether (sulfide) groups is 1. The molecule has 0 aromatic carbocycles. The van der Waals surface area contributed by atoms with Gasteiger partial charge >= 0.3 is 0 Å². The van der Waals surface area contributed by atoms with Gasteiger partial charge in [-0.15, -0.1) is 10.2 Å². The fourth-order valence-corrected chi connectivity index (χ4v) is 2.45. The van der Waals surface area contributed by atoms with Crippen LogP contribution < -0.4 is 16.6 Å². The van der Waals surface area contributed by atoms with Crippen LogP contribution in [-0.2, 0) is 4.79 Å². The van der Waals surface area contributed by atoms with Gasteiger partial charge in [0.2, 0.25) is 11.0 Å². The molecule has 0 unspecified atom stereocenters. The highest BCUT2D eigenvalue weighted by Gasteiger charge is 2.06. The molecule has 0 spiro atoms. The minimum atomic E-state index is -0.181. The highest BCUT2D eigenvalue weighted by atomic mass is 32.2. The van der Waals surface area contributed by atoms with Gasteiger partial charge in [-0.25, -0.2) is 4.98 Å². The van der Waals surface area contributed by atoms with Gasteiger partial charge in [0.25, 0.3) is 0 Å². The largest absolute Gasteiger partial charge is 0.374 e. The van der Waals surface area contributed by atoms with Gasteiger partial charge < -0.3 is 5.73 Å². The van der Waals surface area contributed by atoms with Gasteiger partial charge in [0, 0.05) is 6.20 Å². The lowest BCUT2D eigenvalue weighted by atomic mass is 10.5. The van der Waals surface area contributed by atoms with Crippen molar-refractivity contribution < 1.29 is 4.79 Å². The van der Waals surface area contributed by atoms with Crippen molar-refractivity contribution in [3.63, 3.8) is 0 Å². The van der Waals surface area contributed by atoms with Gasteiger partial charge in [-0.2, -0.15) is 0 Å². The van der Waals surface area contributed by atoms with Crippen molar-refractivity contribution in [2.75, 3.05) is 16.9 Å². The van der Waals surface area contributed by atoms with Gasteiger partial charge in [0.1, 0.15) is 5.82 Å². The van der Waals surface area contributed by atoms with Crippen molar-refractivity contribution in [3.8, 4) is 0 Å². The number of rotatable bonds is 5. The van der Waals surface area contributed by atoms with Gasteiger partial charge in [-0.3, -0.25) is 15.6 Å². The number of carbonyl (C=O) groups is 1. The molecule has 0 fully saturated rings. The maximum atomic E-state index is 11.5. The summed E-state index contributed by atoms with van der Waals surface area (Å²) < 4.78 is 0.667. The van der Waals surface area contributed by atoms with E-state index < -0.39 is 0 Å². The number of anilines is 2. The van der Waals surface area contributed by atoms with Crippen LogP contribution in [0, 0.1) is 0 Å². The Bertz CT molecular complexity index is 517. The Morgan fingerprint density at radius 2 is 2.33 bits per heavy atom. The Balaban J connectivity index is 1.73. The van der Waals surface area contributed by atoms with Gasteiger partial charge in [-0.05, 0) is 12.1 Å². The lowest BCUT2D eigenvalue weighted by Crippen LogP contribution is -2.31. The van der Waals surface area contributed by atoms with Gasteiger partial charge in [-0.1, -0.05) is 29.2 Å². The number of nitrogen functional groups attached to an aromatic ring is 1. The van der Waals surface area contributed by atoms with E-state index in [2.05, 4.69) is 26.0 Å². The van der Waals surface area contributed by atoms with E-state index in [1.165, 1.54) is 23.1 Å². The zero-order chi connectivity index (χ0) is 12.8. The van der Waals surface area contributed by atoms with Crippen molar-refractivity contribution in [1.29, 1.82) is 0 Å². The highest BCUT2D eigenvalue weighted by molar-refractivity contribution is 8.01. The lowest BCUT2D eigenvalue weighted by molar-refractivity contribution is -0.118. The summed E-state index contributed by atoms with van der Waals surface area (Å²) in [7, 11) is 0. The van der Waals surface area contributed by atoms with E-state index in [-0.39, 0.29) is 11.7 Å². The SMILES string of the molecule is Nc1nnc(SCC(=O)NNc2ccccn2)s1. The fraction of sp³-hybridized carbons (Fsp3) is 0.111. The molecule has 1 amide bonds. The standard InChI is InChI=1S/C9H10N6OS2/c10-8-14-15-9(18-8)17-5-7(16)13-12-6-3-1-2-4-11-6/h1-4H,5H2,(H2,10,14)(H,11,12)(H,13,16). The van der Waals surface area contributed by atoms with Crippen LogP contribution in [0.1, 0.15) is 0 Å². The van der Waals surface area contributed by atoms with Crippen LogP contribution in [0.15, 0.2) is 28.7 Å². The Morgan fingerprint density at radius 1 is 1.44 bits per heavy atom. The van der Waals surface area contributed by atoms with Crippen LogP contribution in [0.4, 0.5) is 10.9 Å². The molecule has 94 valence electrons. The van der Waals surface area contributed by atoms with E-state index >= 15 is 0 Å². The molecule has 0 radical (unpaired) electrons. The molecule has 2 rings (SSSR count). The first-order valence-electron chi connectivity index (χ1n) is 4.92. The third-order valence-corrected chi connectivity index (χ3v) is 3.63. The number of amides is 1. The van der Waals surface area contributed by atoms with E-state index in [0.29, 0.717) is 15.3 Å². The second kappa shape index (κ2) is 6.17. The fourth-order valence-electron chi connectivity index (χ4n) is 1.01.